The third kappa shape index (κ3) is 3.60. The predicted molar refractivity (Wildman–Crippen MR) is 108 cm³/mol. The minimum absolute atomic E-state index is 0.00749. The number of nitrogens with zero attached hydrogens (tertiary/aromatic N) is 3. The van der Waals surface area contributed by atoms with Crippen LogP contribution in [-0.2, 0) is 17.8 Å². The number of likely N-dealkylation sites (N-methyl/N-ethyl adjacent to an activating group) is 1. The summed E-state index contributed by atoms with van der Waals surface area (Å²) in [7, 11) is 2.09. The second-order valence-corrected chi connectivity index (χ2v) is 8.19. The number of likely N-dealkylation sites (tertiary alicyclic amines) is 1. The van der Waals surface area contributed by atoms with Crippen LogP contribution in [0.25, 0.3) is 11.0 Å². The minimum Gasteiger partial charge on any atom is -0.354 e. The summed E-state index contributed by atoms with van der Waals surface area (Å²) in [5, 5.41) is 6.61. The number of fused-ring (bicyclic) bond motifs is 1. The van der Waals surface area contributed by atoms with Gasteiger partial charge in [-0.15, -0.1) is 0 Å². The minimum atomic E-state index is 0.00749. The Kier molecular flexibility index (Phi) is 5.19. The predicted octanol–water partition coefficient (Wildman–Crippen LogP) is 1.79. The zero-order chi connectivity index (χ0) is 18.9. The fraction of sp³-hybridized carbons (Fsp3) is 0.619. The molecular formula is C21H31N5O. The van der Waals surface area contributed by atoms with Gasteiger partial charge in [0, 0.05) is 26.1 Å². The largest absolute Gasteiger partial charge is 0.354 e. The summed E-state index contributed by atoms with van der Waals surface area (Å²) in [6.07, 6.45) is 4.12. The Morgan fingerprint density at radius 3 is 2.89 bits per heavy atom. The van der Waals surface area contributed by atoms with Gasteiger partial charge in [0.2, 0.25) is 5.91 Å². The van der Waals surface area contributed by atoms with Crippen LogP contribution in [0.5, 0.6) is 0 Å². The smallest absolute Gasteiger partial charge is 0.237 e. The van der Waals surface area contributed by atoms with E-state index >= 15 is 0 Å². The first-order chi connectivity index (χ1) is 13.1. The van der Waals surface area contributed by atoms with Gasteiger partial charge in [-0.2, -0.15) is 0 Å². The van der Waals surface area contributed by atoms with Crippen LogP contribution < -0.4 is 10.6 Å². The van der Waals surface area contributed by atoms with Crippen LogP contribution in [0, 0.1) is 5.41 Å². The van der Waals surface area contributed by atoms with E-state index in [4.69, 9.17) is 4.98 Å². The summed E-state index contributed by atoms with van der Waals surface area (Å²) in [4.78, 5) is 19.8. The second-order valence-electron chi connectivity index (χ2n) is 8.19. The van der Waals surface area contributed by atoms with E-state index in [1.807, 2.05) is 12.1 Å². The Labute approximate surface area is 161 Å². The van der Waals surface area contributed by atoms with Gasteiger partial charge < -0.3 is 15.2 Å². The standard InChI is InChI=1S/C21H31N5O/c1-3-26-17-7-5-4-6-16(17)24-19(26)8-11-23-20(27)18-14-21(15-25(18)2)9-12-22-13-10-21/h4-7,18,22H,3,8-15H2,1-2H3,(H,23,27)/t18-/m1/s1. The third-order valence-electron chi connectivity index (χ3n) is 6.41. The summed E-state index contributed by atoms with van der Waals surface area (Å²) >= 11 is 0. The van der Waals surface area contributed by atoms with E-state index in [0.717, 1.165) is 50.4 Å². The van der Waals surface area contributed by atoms with E-state index < -0.39 is 0 Å². The SMILES string of the molecule is CCn1c(CCNC(=O)[C@H]2CC3(CCNCC3)CN2C)nc2ccccc21. The van der Waals surface area contributed by atoms with Crippen molar-refractivity contribution in [3.05, 3.63) is 30.1 Å². The Morgan fingerprint density at radius 2 is 2.11 bits per heavy atom. The molecule has 1 aromatic heterocycles. The monoisotopic (exact) mass is 369 g/mol. The van der Waals surface area contributed by atoms with Gasteiger partial charge in [0.1, 0.15) is 5.82 Å². The molecule has 2 N–H and O–H groups in total. The molecular weight excluding hydrogens is 338 g/mol. The number of aryl methyl sites for hydroxylation is 1. The van der Waals surface area contributed by atoms with Crippen molar-refractivity contribution in [2.24, 2.45) is 5.41 Å². The maximum absolute atomic E-state index is 12.8. The van der Waals surface area contributed by atoms with Gasteiger partial charge in [0.15, 0.2) is 0 Å². The Hall–Kier alpha value is -1.92. The van der Waals surface area contributed by atoms with Gasteiger partial charge in [-0.25, -0.2) is 4.98 Å². The number of carbonyl (C=O) groups excluding carboxylic acids is 1. The normalized spacial score (nSPS) is 22.5. The van der Waals surface area contributed by atoms with Crippen molar-refractivity contribution >= 4 is 16.9 Å². The lowest BCUT2D eigenvalue weighted by Crippen LogP contribution is -2.42. The highest BCUT2D eigenvalue weighted by Crippen LogP contribution is 2.41. The molecule has 0 bridgehead atoms. The quantitative estimate of drug-likeness (QED) is 0.844. The van der Waals surface area contributed by atoms with Gasteiger partial charge in [-0.05, 0) is 63.9 Å². The molecule has 0 saturated carbocycles. The van der Waals surface area contributed by atoms with Gasteiger partial charge in [0.25, 0.3) is 0 Å². The van der Waals surface area contributed by atoms with Crippen molar-refractivity contribution in [1.82, 2.24) is 25.1 Å². The highest BCUT2D eigenvalue weighted by atomic mass is 16.2. The van der Waals surface area contributed by atoms with Crippen LogP contribution >= 0.6 is 0 Å². The zero-order valence-electron chi connectivity index (χ0n) is 16.5. The number of piperidine rings is 1. The van der Waals surface area contributed by atoms with E-state index in [9.17, 15) is 4.79 Å². The number of rotatable bonds is 5. The third-order valence-corrected chi connectivity index (χ3v) is 6.41. The molecule has 0 aliphatic carbocycles. The molecule has 146 valence electrons. The molecule has 1 atom stereocenters. The molecule has 1 amide bonds. The van der Waals surface area contributed by atoms with Crippen molar-refractivity contribution in [2.75, 3.05) is 33.2 Å². The number of nitrogens with one attached hydrogen (secondary N) is 2. The summed E-state index contributed by atoms with van der Waals surface area (Å²) in [6.45, 7) is 6.87. The molecule has 2 fully saturated rings. The van der Waals surface area contributed by atoms with Crippen molar-refractivity contribution in [3.63, 3.8) is 0 Å². The lowest BCUT2D eigenvalue weighted by atomic mass is 9.77. The van der Waals surface area contributed by atoms with Crippen molar-refractivity contribution in [3.8, 4) is 0 Å². The van der Waals surface area contributed by atoms with Gasteiger partial charge >= 0.3 is 0 Å². The number of imidazole rings is 1. The van der Waals surface area contributed by atoms with Crippen molar-refractivity contribution in [2.45, 2.75) is 45.2 Å². The molecule has 1 aromatic carbocycles. The highest BCUT2D eigenvalue weighted by molar-refractivity contribution is 5.82. The zero-order valence-corrected chi connectivity index (χ0v) is 16.5. The van der Waals surface area contributed by atoms with Crippen LogP contribution in [0.2, 0.25) is 0 Å². The molecule has 2 saturated heterocycles. The molecule has 2 aromatic rings. The first-order valence-corrected chi connectivity index (χ1v) is 10.2. The van der Waals surface area contributed by atoms with E-state index in [1.165, 1.54) is 18.4 Å². The summed E-state index contributed by atoms with van der Waals surface area (Å²) in [5.41, 5.74) is 2.53. The molecule has 2 aliphatic heterocycles. The average molecular weight is 370 g/mol. The number of amides is 1. The molecule has 27 heavy (non-hydrogen) atoms. The van der Waals surface area contributed by atoms with Crippen LogP contribution in [0.1, 0.15) is 32.0 Å². The molecule has 6 heteroatoms. The second kappa shape index (κ2) is 7.60. The van der Waals surface area contributed by atoms with E-state index in [0.29, 0.717) is 12.0 Å². The Morgan fingerprint density at radius 1 is 1.33 bits per heavy atom. The van der Waals surface area contributed by atoms with Gasteiger partial charge in [-0.3, -0.25) is 9.69 Å². The summed E-state index contributed by atoms with van der Waals surface area (Å²) < 4.78 is 2.24. The Balaban J connectivity index is 1.36. The first-order valence-electron chi connectivity index (χ1n) is 10.2. The summed E-state index contributed by atoms with van der Waals surface area (Å²) in [6, 6.07) is 8.24. The fourth-order valence-corrected chi connectivity index (χ4v) is 4.97. The molecule has 3 heterocycles. The number of hydrogen-bond donors (Lipinski definition) is 2. The lowest BCUT2D eigenvalue weighted by Gasteiger charge is -2.33. The van der Waals surface area contributed by atoms with Crippen LogP contribution in [0.15, 0.2) is 24.3 Å². The molecule has 6 nitrogen and oxygen atoms in total. The van der Waals surface area contributed by atoms with E-state index in [2.05, 4.69) is 46.2 Å². The van der Waals surface area contributed by atoms with E-state index in [-0.39, 0.29) is 11.9 Å². The van der Waals surface area contributed by atoms with Crippen LogP contribution in [0.3, 0.4) is 0 Å². The highest BCUT2D eigenvalue weighted by Gasteiger charge is 2.45. The molecule has 0 radical (unpaired) electrons. The van der Waals surface area contributed by atoms with Crippen molar-refractivity contribution in [1.29, 1.82) is 0 Å². The number of para-hydroxylation sites is 2. The van der Waals surface area contributed by atoms with Gasteiger partial charge in [0.05, 0.1) is 17.1 Å². The van der Waals surface area contributed by atoms with Crippen molar-refractivity contribution < 1.29 is 4.79 Å². The number of hydrogen-bond acceptors (Lipinski definition) is 4. The molecule has 0 unspecified atom stereocenters. The number of aromatic nitrogens is 2. The molecule has 1 spiro atoms. The van der Waals surface area contributed by atoms with Crippen LogP contribution in [0.4, 0.5) is 0 Å². The number of benzene rings is 1. The maximum atomic E-state index is 12.8. The average Bonchev–Trinajstić information content (AvgIpc) is 3.19. The Bertz CT molecular complexity index is 808. The van der Waals surface area contributed by atoms with E-state index in [1.54, 1.807) is 0 Å². The molecule has 4 rings (SSSR count). The van der Waals surface area contributed by atoms with Crippen LogP contribution in [-0.4, -0.2) is 59.6 Å². The fourth-order valence-electron chi connectivity index (χ4n) is 4.97. The van der Waals surface area contributed by atoms with Gasteiger partial charge in [-0.1, -0.05) is 12.1 Å². The first kappa shape index (κ1) is 18.4. The topological polar surface area (TPSA) is 62.2 Å². The lowest BCUT2D eigenvalue weighted by molar-refractivity contribution is -0.125. The summed E-state index contributed by atoms with van der Waals surface area (Å²) in [5.74, 6) is 1.22. The maximum Gasteiger partial charge on any atom is 0.237 e. The molecule has 2 aliphatic rings. The number of carbonyl (C=O) groups is 1.